The van der Waals surface area contributed by atoms with Crippen LogP contribution in [-0.2, 0) is 21.7 Å². The molecule has 0 saturated heterocycles. The molecule has 0 saturated carbocycles. The van der Waals surface area contributed by atoms with Crippen LogP contribution in [0.1, 0.15) is 111 Å². The number of hydrogen-bond donors (Lipinski definition) is 1. The Morgan fingerprint density at radius 1 is 0.491 bits per heavy atom. The molecule has 7 rings (SSSR count). The molecule has 2 heterocycles. The average Bonchev–Trinajstić information content (AvgIpc) is 3.53. The first-order chi connectivity index (χ1) is 25.6. The molecule has 0 aliphatic rings. The molecule has 0 unspecified atom stereocenters. The quantitative estimate of drug-likeness (QED) is 0.195. The maximum atomic E-state index is 11.2. The van der Waals surface area contributed by atoms with E-state index in [1.807, 2.05) is 18.3 Å². The van der Waals surface area contributed by atoms with Crippen molar-refractivity contribution in [2.45, 2.75) is 112 Å². The monoisotopic (exact) mass is 744 g/mol. The summed E-state index contributed by atoms with van der Waals surface area (Å²) in [6, 6.07) is 33.3. The fourth-order valence-electron chi connectivity index (χ4n) is 7.26. The molecule has 3 nitrogen and oxygen atoms in total. The standard InChI is InChI=1S/C51H56N2OS/c1-30-19-20-52-45-39(30)28-38(51(11,12)13)29-41(45)32-16-14-15-31(21-32)40-24-34(33-22-36(49(5,6)7)26-37(23-33)50(8,9)10)25-44-46(40)53-47(55-44)42-27-35(48(2,3)4)17-18-43(42)54/h14-29,54H,1-13H3. The smallest absolute Gasteiger partial charge is 0.128 e. The molecule has 0 amide bonds. The second kappa shape index (κ2) is 13.4. The van der Waals surface area contributed by atoms with Gasteiger partial charge >= 0.3 is 0 Å². The van der Waals surface area contributed by atoms with Gasteiger partial charge in [-0.25, -0.2) is 4.98 Å². The van der Waals surface area contributed by atoms with Gasteiger partial charge in [-0.3, -0.25) is 4.98 Å². The Kier molecular flexibility index (Phi) is 9.41. The Bertz CT molecular complexity index is 2560. The topological polar surface area (TPSA) is 46.0 Å². The van der Waals surface area contributed by atoms with Crippen molar-refractivity contribution in [3.05, 3.63) is 125 Å². The molecule has 0 bridgehead atoms. The van der Waals surface area contributed by atoms with Gasteiger partial charge in [0.25, 0.3) is 0 Å². The molecule has 0 aliphatic carbocycles. The van der Waals surface area contributed by atoms with Crippen LogP contribution in [-0.4, -0.2) is 15.1 Å². The molecule has 5 aromatic carbocycles. The molecule has 0 radical (unpaired) electrons. The lowest BCUT2D eigenvalue weighted by atomic mass is 9.79. The minimum atomic E-state index is -0.0669. The molecule has 282 valence electrons. The predicted molar refractivity (Wildman–Crippen MR) is 238 cm³/mol. The minimum Gasteiger partial charge on any atom is -0.507 e. The van der Waals surface area contributed by atoms with Gasteiger partial charge in [-0.15, -0.1) is 11.3 Å². The van der Waals surface area contributed by atoms with Crippen LogP contribution in [0.2, 0.25) is 0 Å². The van der Waals surface area contributed by atoms with Gasteiger partial charge in [-0.2, -0.15) is 0 Å². The Morgan fingerprint density at radius 2 is 1.04 bits per heavy atom. The second-order valence-corrected chi connectivity index (χ2v) is 20.6. The molecule has 0 spiro atoms. The van der Waals surface area contributed by atoms with Gasteiger partial charge < -0.3 is 5.11 Å². The van der Waals surface area contributed by atoms with Crippen molar-refractivity contribution in [2.75, 3.05) is 0 Å². The highest BCUT2D eigenvalue weighted by atomic mass is 32.1. The molecule has 55 heavy (non-hydrogen) atoms. The van der Waals surface area contributed by atoms with E-state index < -0.39 is 0 Å². The SMILES string of the molecule is Cc1ccnc2c(-c3cccc(-c4cc(-c5cc(C(C)(C)C)cc(C(C)(C)C)c5)cc5sc(-c6cc(C(C)(C)C)ccc6O)nc45)c3)cc(C(C)(C)C)cc12. The van der Waals surface area contributed by atoms with Gasteiger partial charge in [0, 0.05) is 22.7 Å². The van der Waals surface area contributed by atoms with Crippen molar-refractivity contribution in [1.29, 1.82) is 0 Å². The van der Waals surface area contributed by atoms with Crippen molar-refractivity contribution < 1.29 is 5.11 Å². The molecule has 1 N–H and O–H groups in total. The summed E-state index contributed by atoms with van der Waals surface area (Å²) in [4.78, 5) is 10.3. The molecular weight excluding hydrogens is 689 g/mol. The van der Waals surface area contributed by atoms with Gasteiger partial charge in [0.05, 0.1) is 21.3 Å². The van der Waals surface area contributed by atoms with Crippen LogP contribution in [0.15, 0.2) is 97.2 Å². The van der Waals surface area contributed by atoms with Gasteiger partial charge in [0.1, 0.15) is 10.8 Å². The summed E-state index contributed by atoms with van der Waals surface area (Å²) >= 11 is 1.65. The first kappa shape index (κ1) is 38.5. The lowest BCUT2D eigenvalue weighted by molar-refractivity contribution is 0.476. The average molecular weight is 745 g/mol. The third-order valence-corrected chi connectivity index (χ3v) is 12.0. The van der Waals surface area contributed by atoms with E-state index in [9.17, 15) is 5.11 Å². The van der Waals surface area contributed by atoms with Gasteiger partial charge in [0.15, 0.2) is 0 Å². The first-order valence-corrected chi connectivity index (χ1v) is 20.4. The summed E-state index contributed by atoms with van der Waals surface area (Å²) in [7, 11) is 0. The molecule has 2 aromatic heterocycles. The highest BCUT2D eigenvalue weighted by Gasteiger charge is 2.24. The van der Waals surface area contributed by atoms with Crippen molar-refractivity contribution >= 4 is 32.5 Å². The van der Waals surface area contributed by atoms with E-state index in [4.69, 9.17) is 9.97 Å². The van der Waals surface area contributed by atoms with E-state index in [2.05, 4.69) is 169 Å². The summed E-state index contributed by atoms with van der Waals surface area (Å²) in [5.74, 6) is 0.247. The predicted octanol–water partition coefficient (Wildman–Crippen LogP) is 14.7. The van der Waals surface area contributed by atoms with Crippen LogP contribution in [0.25, 0.3) is 65.1 Å². The zero-order valence-electron chi connectivity index (χ0n) is 35.0. The third kappa shape index (κ3) is 7.59. The Hall–Kier alpha value is -4.80. The normalized spacial score (nSPS) is 12.9. The third-order valence-electron chi connectivity index (χ3n) is 11.0. The summed E-state index contributed by atoms with van der Waals surface area (Å²) < 4.78 is 1.09. The number of phenolic OH excluding ortho intramolecular Hbond substituents is 1. The number of nitrogens with zero attached hydrogens (tertiary/aromatic N) is 2. The van der Waals surface area contributed by atoms with E-state index in [1.165, 1.54) is 33.2 Å². The Morgan fingerprint density at radius 3 is 1.64 bits per heavy atom. The Balaban J connectivity index is 1.51. The summed E-state index contributed by atoms with van der Waals surface area (Å²) in [5, 5.41) is 13.2. The number of fused-ring (bicyclic) bond motifs is 2. The highest BCUT2D eigenvalue weighted by molar-refractivity contribution is 7.21. The number of aryl methyl sites for hydroxylation is 1. The largest absolute Gasteiger partial charge is 0.507 e. The van der Waals surface area contributed by atoms with Gasteiger partial charge in [0.2, 0.25) is 0 Å². The second-order valence-electron chi connectivity index (χ2n) is 19.5. The van der Waals surface area contributed by atoms with E-state index in [0.717, 1.165) is 59.7 Å². The summed E-state index contributed by atoms with van der Waals surface area (Å²) in [6.07, 6.45) is 1.92. The number of rotatable bonds is 4. The number of aromatic nitrogens is 2. The number of aromatic hydroxyl groups is 1. The fourth-order valence-corrected chi connectivity index (χ4v) is 8.32. The zero-order chi connectivity index (χ0) is 39.8. The lowest BCUT2D eigenvalue weighted by Crippen LogP contribution is -2.16. The van der Waals surface area contributed by atoms with Crippen molar-refractivity contribution in [2.24, 2.45) is 0 Å². The van der Waals surface area contributed by atoms with E-state index in [-0.39, 0.29) is 27.4 Å². The minimum absolute atomic E-state index is 0.0126. The molecule has 0 fully saturated rings. The number of hydrogen-bond acceptors (Lipinski definition) is 4. The van der Waals surface area contributed by atoms with Gasteiger partial charge in [-0.05, 0) is 127 Å². The van der Waals surface area contributed by atoms with Crippen LogP contribution in [0.5, 0.6) is 5.75 Å². The van der Waals surface area contributed by atoms with Crippen LogP contribution >= 0.6 is 11.3 Å². The lowest BCUT2D eigenvalue weighted by Gasteiger charge is -2.26. The molecule has 0 atom stereocenters. The molecule has 0 aliphatic heterocycles. The number of phenols is 1. The van der Waals surface area contributed by atoms with Gasteiger partial charge in [-0.1, -0.05) is 126 Å². The summed E-state index contributed by atoms with van der Waals surface area (Å²) in [5.41, 5.74) is 15.7. The van der Waals surface area contributed by atoms with Crippen LogP contribution in [0, 0.1) is 6.92 Å². The maximum absolute atomic E-state index is 11.2. The van der Waals surface area contributed by atoms with Crippen molar-refractivity contribution in [1.82, 2.24) is 9.97 Å². The summed E-state index contributed by atoms with van der Waals surface area (Å²) in [6.45, 7) is 29.4. The molecular formula is C51H56N2OS. The van der Waals surface area contributed by atoms with Crippen molar-refractivity contribution in [3.8, 4) is 49.7 Å². The van der Waals surface area contributed by atoms with Crippen LogP contribution in [0.3, 0.4) is 0 Å². The van der Waals surface area contributed by atoms with Crippen molar-refractivity contribution in [3.63, 3.8) is 0 Å². The zero-order valence-corrected chi connectivity index (χ0v) is 35.8. The molecule has 7 aromatic rings. The first-order valence-electron chi connectivity index (χ1n) is 19.5. The Labute approximate surface area is 332 Å². The van der Waals surface area contributed by atoms with E-state index >= 15 is 0 Å². The number of thiazole rings is 1. The fraction of sp³-hybridized carbons (Fsp3) is 0.333. The number of pyridine rings is 1. The van der Waals surface area contributed by atoms with E-state index in [0.29, 0.717) is 0 Å². The van der Waals surface area contributed by atoms with Crippen LogP contribution < -0.4 is 0 Å². The number of benzene rings is 5. The van der Waals surface area contributed by atoms with E-state index in [1.54, 1.807) is 11.3 Å². The molecule has 4 heteroatoms. The van der Waals surface area contributed by atoms with Crippen LogP contribution in [0.4, 0.5) is 0 Å². The maximum Gasteiger partial charge on any atom is 0.128 e. The highest BCUT2D eigenvalue weighted by Crippen LogP contribution is 2.45.